The third kappa shape index (κ3) is 4.49. The molecule has 1 amide bonds. The lowest BCUT2D eigenvalue weighted by Crippen LogP contribution is -2.35. The highest BCUT2D eigenvalue weighted by atomic mass is 32.2. The average molecular weight is 435 g/mol. The first-order valence-electron chi connectivity index (χ1n) is 10.5. The van der Waals surface area contributed by atoms with Crippen LogP contribution in [0.25, 0.3) is 0 Å². The number of carbonyl (C=O) groups excluding carboxylic acids is 1. The fourth-order valence-corrected chi connectivity index (χ4v) is 4.95. The second kappa shape index (κ2) is 8.55. The Morgan fingerprint density at radius 2 is 1.68 bits per heavy atom. The Bertz CT molecular complexity index is 1190. The van der Waals surface area contributed by atoms with Gasteiger partial charge >= 0.3 is 0 Å². The zero-order valence-corrected chi connectivity index (χ0v) is 18.5. The first-order chi connectivity index (χ1) is 14.8. The van der Waals surface area contributed by atoms with Gasteiger partial charge < -0.3 is 4.90 Å². The molecule has 0 fully saturated rings. The summed E-state index contributed by atoms with van der Waals surface area (Å²) in [7, 11) is -3.72. The number of nitrogens with zero attached hydrogens (tertiary/aromatic N) is 1. The highest BCUT2D eigenvalue weighted by Gasteiger charge is 2.25. The lowest BCUT2D eigenvalue weighted by atomic mass is 10.0. The number of sulfonamides is 1. The second-order valence-electron chi connectivity index (χ2n) is 8.10. The number of aryl methyl sites for hydroxylation is 1. The number of hydrogen-bond acceptors (Lipinski definition) is 3. The number of benzene rings is 3. The number of nitrogens with one attached hydrogen (secondary N) is 1. The fraction of sp³-hybridized carbons (Fsp3) is 0.240. The van der Waals surface area contributed by atoms with Crippen molar-refractivity contribution in [2.75, 3.05) is 16.2 Å². The van der Waals surface area contributed by atoms with E-state index in [1.807, 2.05) is 30.3 Å². The molecule has 0 atom stereocenters. The molecule has 1 heterocycles. The van der Waals surface area contributed by atoms with E-state index in [4.69, 9.17) is 0 Å². The molecule has 3 aromatic carbocycles. The SMILES string of the molecule is CC(C)c1ccc(NS(=O)(=O)c2ccc3c(c2)CCCN3C(=O)c2ccccc2)cc1. The predicted molar refractivity (Wildman–Crippen MR) is 124 cm³/mol. The monoisotopic (exact) mass is 434 g/mol. The molecule has 0 radical (unpaired) electrons. The number of hydrogen-bond donors (Lipinski definition) is 1. The highest BCUT2D eigenvalue weighted by Crippen LogP contribution is 2.31. The lowest BCUT2D eigenvalue weighted by Gasteiger charge is -2.30. The van der Waals surface area contributed by atoms with Gasteiger partial charge in [0.15, 0.2) is 0 Å². The van der Waals surface area contributed by atoms with Crippen LogP contribution in [0.1, 0.15) is 47.7 Å². The molecule has 3 aromatic rings. The van der Waals surface area contributed by atoms with E-state index < -0.39 is 10.0 Å². The summed E-state index contributed by atoms with van der Waals surface area (Å²) in [6.07, 6.45) is 1.53. The van der Waals surface area contributed by atoms with E-state index in [9.17, 15) is 13.2 Å². The van der Waals surface area contributed by atoms with Crippen LogP contribution in [-0.2, 0) is 16.4 Å². The topological polar surface area (TPSA) is 66.5 Å². The quantitative estimate of drug-likeness (QED) is 0.600. The average Bonchev–Trinajstić information content (AvgIpc) is 2.78. The van der Waals surface area contributed by atoms with E-state index in [1.54, 1.807) is 47.4 Å². The van der Waals surface area contributed by atoms with Crippen molar-refractivity contribution in [1.29, 1.82) is 0 Å². The zero-order chi connectivity index (χ0) is 22.0. The van der Waals surface area contributed by atoms with Gasteiger partial charge in [-0.05, 0) is 72.4 Å². The summed E-state index contributed by atoms with van der Waals surface area (Å²) in [5.41, 5.74) is 3.95. The molecule has 1 aliphatic rings. The number of anilines is 2. The van der Waals surface area contributed by atoms with Crippen molar-refractivity contribution in [3.8, 4) is 0 Å². The van der Waals surface area contributed by atoms with Gasteiger partial charge in [0.25, 0.3) is 15.9 Å². The molecule has 31 heavy (non-hydrogen) atoms. The summed E-state index contributed by atoms with van der Waals surface area (Å²) in [5, 5.41) is 0. The largest absolute Gasteiger partial charge is 0.308 e. The van der Waals surface area contributed by atoms with Crippen LogP contribution < -0.4 is 9.62 Å². The summed E-state index contributed by atoms with van der Waals surface area (Å²) in [6.45, 7) is 4.81. The van der Waals surface area contributed by atoms with Gasteiger partial charge in [-0.25, -0.2) is 8.42 Å². The second-order valence-corrected chi connectivity index (χ2v) is 9.78. The maximum absolute atomic E-state index is 13.0. The molecule has 0 saturated carbocycles. The molecule has 1 N–H and O–H groups in total. The zero-order valence-electron chi connectivity index (χ0n) is 17.7. The van der Waals surface area contributed by atoms with E-state index in [0.29, 0.717) is 23.7 Å². The molecule has 0 spiro atoms. The predicted octanol–water partition coefficient (Wildman–Crippen LogP) is 5.20. The Balaban J connectivity index is 1.59. The fourth-order valence-electron chi connectivity index (χ4n) is 3.84. The van der Waals surface area contributed by atoms with Crippen LogP contribution in [0.4, 0.5) is 11.4 Å². The summed E-state index contributed by atoms with van der Waals surface area (Å²) < 4.78 is 28.6. The minimum atomic E-state index is -3.72. The molecule has 0 bridgehead atoms. The van der Waals surface area contributed by atoms with E-state index >= 15 is 0 Å². The summed E-state index contributed by atoms with van der Waals surface area (Å²) in [5.74, 6) is 0.313. The van der Waals surface area contributed by atoms with Gasteiger partial charge in [-0.3, -0.25) is 9.52 Å². The van der Waals surface area contributed by atoms with Crippen LogP contribution in [0.3, 0.4) is 0 Å². The van der Waals surface area contributed by atoms with E-state index in [2.05, 4.69) is 18.6 Å². The van der Waals surface area contributed by atoms with Gasteiger partial charge in [0.05, 0.1) is 4.90 Å². The Hall–Kier alpha value is -3.12. The third-order valence-corrected chi connectivity index (χ3v) is 6.95. The summed E-state index contributed by atoms with van der Waals surface area (Å²) in [4.78, 5) is 14.9. The van der Waals surface area contributed by atoms with Gasteiger partial charge in [0.2, 0.25) is 0 Å². The molecular formula is C25H26N2O3S. The van der Waals surface area contributed by atoms with Gasteiger partial charge in [-0.2, -0.15) is 0 Å². The van der Waals surface area contributed by atoms with E-state index in [1.165, 1.54) is 0 Å². The number of fused-ring (bicyclic) bond motifs is 1. The lowest BCUT2D eigenvalue weighted by molar-refractivity contribution is 0.0985. The number of rotatable bonds is 5. The molecule has 1 aliphatic heterocycles. The van der Waals surface area contributed by atoms with Crippen molar-refractivity contribution in [2.45, 2.75) is 37.5 Å². The minimum absolute atomic E-state index is 0.0690. The number of amides is 1. The Morgan fingerprint density at radius 1 is 0.968 bits per heavy atom. The van der Waals surface area contributed by atoms with Crippen molar-refractivity contribution < 1.29 is 13.2 Å². The van der Waals surface area contributed by atoms with Gasteiger partial charge in [0.1, 0.15) is 0 Å². The van der Waals surface area contributed by atoms with Crippen LogP contribution in [0.15, 0.2) is 77.7 Å². The van der Waals surface area contributed by atoms with Crippen molar-refractivity contribution in [2.24, 2.45) is 0 Å². The normalized spacial score (nSPS) is 13.7. The van der Waals surface area contributed by atoms with Gasteiger partial charge in [0, 0.05) is 23.5 Å². The van der Waals surface area contributed by atoms with Crippen LogP contribution in [0.2, 0.25) is 0 Å². The summed E-state index contributed by atoms with van der Waals surface area (Å²) in [6, 6.07) is 21.6. The number of carbonyl (C=O) groups is 1. The van der Waals surface area contributed by atoms with Crippen molar-refractivity contribution >= 4 is 27.3 Å². The van der Waals surface area contributed by atoms with E-state index in [0.717, 1.165) is 29.7 Å². The van der Waals surface area contributed by atoms with E-state index in [-0.39, 0.29) is 10.8 Å². The molecule has 0 aromatic heterocycles. The third-order valence-electron chi connectivity index (χ3n) is 5.58. The van der Waals surface area contributed by atoms with Crippen molar-refractivity contribution in [3.05, 3.63) is 89.5 Å². The molecule has 0 unspecified atom stereocenters. The smallest absolute Gasteiger partial charge is 0.261 e. The van der Waals surface area contributed by atoms with Crippen LogP contribution in [0.5, 0.6) is 0 Å². The first-order valence-corrected chi connectivity index (χ1v) is 12.0. The van der Waals surface area contributed by atoms with Crippen LogP contribution in [0, 0.1) is 0 Å². The van der Waals surface area contributed by atoms with Crippen molar-refractivity contribution in [3.63, 3.8) is 0 Å². The molecule has 0 aliphatic carbocycles. The molecule has 5 nitrogen and oxygen atoms in total. The standard InChI is InChI=1S/C25H26N2O3S/c1-18(2)19-10-12-22(13-11-19)26-31(29,30)23-14-15-24-21(17-23)9-6-16-27(24)25(28)20-7-4-3-5-8-20/h3-5,7-8,10-15,17-18,26H,6,9,16H2,1-2H3. The van der Waals surface area contributed by atoms with Gasteiger partial charge in [-0.1, -0.05) is 44.2 Å². The Labute approximate surface area is 183 Å². The maximum atomic E-state index is 13.0. The van der Waals surface area contributed by atoms with Gasteiger partial charge in [-0.15, -0.1) is 0 Å². The molecule has 0 saturated heterocycles. The Kier molecular flexibility index (Phi) is 5.83. The summed E-state index contributed by atoms with van der Waals surface area (Å²) >= 11 is 0. The molecule has 4 rings (SSSR count). The first kappa shape index (κ1) is 21.1. The molecule has 6 heteroatoms. The Morgan fingerprint density at radius 3 is 2.35 bits per heavy atom. The minimum Gasteiger partial charge on any atom is -0.308 e. The highest BCUT2D eigenvalue weighted by molar-refractivity contribution is 7.92. The van der Waals surface area contributed by atoms with Crippen LogP contribution >= 0.6 is 0 Å². The maximum Gasteiger partial charge on any atom is 0.261 e. The molecule has 160 valence electrons. The van der Waals surface area contributed by atoms with Crippen molar-refractivity contribution in [1.82, 2.24) is 0 Å². The molecular weight excluding hydrogens is 408 g/mol. The van der Waals surface area contributed by atoms with Crippen LogP contribution in [-0.4, -0.2) is 20.9 Å².